The number of hydrogen-bond acceptors (Lipinski definition) is 5. The molecule has 0 aromatic heterocycles. The Labute approximate surface area is 151 Å². The van der Waals surface area contributed by atoms with Gasteiger partial charge in [-0.25, -0.2) is 0 Å². The Kier molecular flexibility index (Phi) is 5.60. The predicted molar refractivity (Wildman–Crippen MR) is 97.5 cm³/mol. The Balaban J connectivity index is 1.54. The van der Waals surface area contributed by atoms with Crippen molar-refractivity contribution in [3.63, 3.8) is 0 Å². The topological polar surface area (TPSA) is 81.8 Å². The van der Waals surface area contributed by atoms with Gasteiger partial charge in [-0.15, -0.1) is 11.8 Å². The molecular weight excluding hydrogens is 340 g/mol. The first kappa shape index (κ1) is 17.8. The van der Waals surface area contributed by atoms with E-state index in [0.717, 1.165) is 11.6 Å². The van der Waals surface area contributed by atoms with Crippen LogP contribution in [0, 0.1) is 0 Å². The fourth-order valence-electron chi connectivity index (χ4n) is 2.99. The number of hydrogen-bond donors (Lipinski definition) is 2. The second kappa shape index (κ2) is 7.88. The van der Waals surface area contributed by atoms with Gasteiger partial charge < -0.3 is 15.1 Å². The van der Waals surface area contributed by atoms with E-state index in [4.69, 9.17) is 0 Å². The van der Waals surface area contributed by atoms with Crippen LogP contribution in [0.15, 0.2) is 24.3 Å². The van der Waals surface area contributed by atoms with Crippen LogP contribution >= 0.6 is 11.8 Å². The summed E-state index contributed by atoms with van der Waals surface area (Å²) in [5.74, 6) is 1.59. The van der Waals surface area contributed by atoms with Crippen molar-refractivity contribution in [2.45, 2.75) is 13.0 Å². The number of anilines is 1. The number of carbonyl (C=O) groups excluding carboxylic acids is 3. The van der Waals surface area contributed by atoms with Crippen molar-refractivity contribution in [2.24, 2.45) is 0 Å². The molecule has 2 aliphatic rings. The van der Waals surface area contributed by atoms with Gasteiger partial charge in [-0.05, 0) is 24.3 Å². The van der Waals surface area contributed by atoms with E-state index in [2.05, 4.69) is 10.6 Å². The van der Waals surface area contributed by atoms with Crippen LogP contribution in [0.1, 0.15) is 17.3 Å². The molecule has 2 saturated heterocycles. The molecule has 0 spiro atoms. The second-order valence-corrected chi connectivity index (χ2v) is 7.18. The monoisotopic (exact) mass is 362 g/mol. The zero-order valence-electron chi connectivity index (χ0n) is 14.2. The summed E-state index contributed by atoms with van der Waals surface area (Å²) in [7, 11) is 0. The van der Waals surface area contributed by atoms with Gasteiger partial charge in [0.25, 0.3) is 5.91 Å². The lowest BCUT2D eigenvalue weighted by Crippen LogP contribution is -2.54. The maximum atomic E-state index is 12.6. The van der Waals surface area contributed by atoms with Crippen LogP contribution < -0.4 is 10.6 Å². The third kappa shape index (κ3) is 4.32. The maximum Gasteiger partial charge on any atom is 0.253 e. The minimum atomic E-state index is -0.144. The first-order valence-electron chi connectivity index (χ1n) is 8.31. The summed E-state index contributed by atoms with van der Waals surface area (Å²) in [5.41, 5.74) is 1.25. The highest BCUT2D eigenvalue weighted by Gasteiger charge is 2.30. The summed E-state index contributed by atoms with van der Waals surface area (Å²) in [5, 5.41) is 5.87. The van der Waals surface area contributed by atoms with Gasteiger partial charge in [0.15, 0.2) is 0 Å². The number of thioether (sulfide) groups is 1. The van der Waals surface area contributed by atoms with E-state index in [1.807, 2.05) is 4.90 Å². The van der Waals surface area contributed by atoms with Gasteiger partial charge in [-0.2, -0.15) is 0 Å². The van der Waals surface area contributed by atoms with Gasteiger partial charge in [-0.3, -0.25) is 19.7 Å². The molecule has 134 valence electrons. The van der Waals surface area contributed by atoms with E-state index in [-0.39, 0.29) is 23.8 Å². The number of nitrogens with zero attached hydrogens (tertiary/aromatic N) is 2. The fourth-order valence-corrected chi connectivity index (χ4v) is 3.92. The summed E-state index contributed by atoms with van der Waals surface area (Å²) in [4.78, 5) is 39.6. The number of nitrogens with one attached hydrogen (secondary N) is 2. The van der Waals surface area contributed by atoms with Crippen LogP contribution in [0.25, 0.3) is 0 Å². The minimum absolute atomic E-state index is 0.0454. The molecule has 8 heteroatoms. The first-order valence-corrected chi connectivity index (χ1v) is 9.47. The van der Waals surface area contributed by atoms with Gasteiger partial charge in [0.1, 0.15) is 0 Å². The van der Waals surface area contributed by atoms with Gasteiger partial charge in [-0.1, -0.05) is 0 Å². The molecule has 1 atom stereocenters. The van der Waals surface area contributed by atoms with Crippen LogP contribution in [-0.2, 0) is 9.59 Å². The summed E-state index contributed by atoms with van der Waals surface area (Å²) >= 11 is 1.73. The highest BCUT2D eigenvalue weighted by Crippen LogP contribution is 2.16. The van der Waals surface area contributed by atoms with Crippen molar-refractivity contribution in [2.75, 3.05) is 43.1 Å². The lowest BCUT2D eigenvalue weighted by molar-refractivity contribution is -0.134. The Hall–Kier alpha value is -2.06. The maximum absolute atomic E-state index is 12.6. The molecule has 7 nitrogen and oxygen atoms in total. The van der Waals surface area contributed by atoms with Crippen molar-refractivity contribution in [3.05, 3.63) is 29.8 Å². The normalized spacial score (nSPS) is 20.4. The molecule has 0 radical (unpaired) electrons. The van der Waals surface area contributed by atoms with Crippen LogP contribution in [0.2, 0.25) is 0 Å². The van der Waals surface area contributed by atoms with E-state index in [9.17, 15) is 14.4 Å². The van der Waals surface area contributed by atoms with Crippen LogP contribution in [-0.4, -0.2) is 71.4 Å². The third-order valence-corrected chi connectivity index (χ3v) is 5.29. The van der Waals surface area contributed by atoms with E-state index in [0.29, 0.717) is 37.4 Å². The smallest absolute Gasteiger partial charge is 0.253 e. The van der Waals surface area contributed by atoms with Gasteiger partial charge in [0.2, 0.25) is 11.8 Å². The van der Waals surface area contributed by atoms with E-state index in [1.165, 1.54) is 6.92 Å². The van der Waals surface area contributed by atoms with Crippen molar-refractivity contribution in [1.82, 2.24) is 15.1 Å². The van der Waals surface area contributed by atoms with Crippen molar-refractivity contribution < 1.29 is 14.4 Å². The summed E-state index contributed by atoms with van der Waals surface area (Å²) in [6.07, 6.45) is 0. The molecule has 0 bridgehead atoms. The molecule has 2 N–H and O–H groups in total. The Morgan fingerprint density at radius 3 is 2.28 bits per heavy atom. The molecule has 1 aromatic rings. The molecular formula is C17H22N4O3S. The SMILES string of the molecule is CC(=O)Nc1ccc(C(=O)N2CCN(C(=O)C3CSCN3)CC2)cc1. The van der Waals surface area contributed by atoms with E-state index < -0.39 is 0 Å². The molecule has 0 saturated carbocycles. The average Bonchev–Trinajstić information content (AvgIpc) is 3.15. The Bertz CT molecular complexity index is 650. The van der Waals surface area contributed by atoms with Crippen LogP contribution in [0.5, 0.6) is 0 Å². The molecule has 3 rings (SSSR count). The Morgan fingerprint density at radius 1 is 1.08 bits per heavy atom. The molecule has 3 amide bonds. The average molecular weight is 362 g/mol. The van der Waals surface area contributed by atoms with Crippen molar-refractivity contribution in [1.29, 1.82) is 0 Å². The zero-order chi connectivity index (χ0) is 17.8. The number of piperazine rings is 1. The van der Waals surface area contributed by atoms with Crippen LogP contribution in [0.4, 0.5) is 5.69 Å². The largest absolute Gasteiger partial charge is 0.338 e. The molecule has 0 aliphatic carbocycles. The molecule has 25 heavy (non-hydrogen) atoms. The standard InChI is InChI=1S/C17H22N4O3S/c1-12(22)19-14-4-2-13(3-5-14)16(23)20-6-8-21(9-7-20)17(24)15-10-25-11-18-15/h2-5,15,18H,6-11H2,1H3,(H,19,22). The highest BCUT2D eigenvalue weighted by atomic mass is 32.2. The lowest BCUT2D eigenvalue weighted by Gasteiger charge is -2.36. The molecule has 2 fully saturated rings. The third-order valence-electron chi connectivity index (χ3n) is 4.35. The van der Waals surface area contributed by atoms with E-state index in [1.54, 1.807) is 40.9 Å². The molecule has 2 aliphatic heterocycles. The summed E-state index contributed by atoms with van der Waals surface area (Å²) in [6.45, 7) is 3.66. The quantitative estimate of drug-likeness (QED) is 0.823. The van der Waals surface area contributed by atoms with Crippen molar-refractivity contribution in [3.8, 4) is 0 Å². The zero-order valence-corrected chi connectivity index (χ0v) is 15.0. The minimum Gasteiger partial charge on any atom is -0.338 e. The van der Waals surface area contributed by atoms with Gasteiger partial charge >= 0.3 is 0 Å². The van der Waals surface area contributed by atoms with Gasteiger partial charge in [0, 0.05) is 56.0 Å². The number of carbonyl (C=O) groups is 3. The lowest BCUT2D eigenvalue weighted by atomic mass is 10.1. The van der Waals surface area contributed by atoms with Crippen LogP contribution in [0.3, 0.4) is 0 Å². The summed E-state index contributed by atoms with van der Waals surface area (Å²) < 4.78 is 0. The highest BCUT2D eigenvalue weighted by molar-refractivity contribution is 7.99. The predicted octanol–water partition coefficient (Wildman–Crippen LogP) is 0.592. The molecule has 2 heterocycles. The fraction of sp³-hybridized carbons (Fsp3) is 0.471. The Morgan fingerprint density at radius 2 is 1.72 bits per heavy atom. The number of benzene rings is 1. The number of rotatable bonds is 3. The molecule has 1 aromatic carbocycles. The van der Waals surface area contributed by atoms with E-state index >= 15 is 0 Å². The first-order chi connectivity index (χ1) is 12.0. The van der Waals surface area contributed by atoms with Gasteiger partial charge in [0.05, 0.1) is 6.04 Å². The second-order valence-electron chi connectivity index (χ2n) is 6.15. The molecule has 1 unspecified atom stereocenters. The summed E-state index contributed by atoms with van der Waals surface area (Å²) in [6, 6.07) is 6.78. The van der Waals surface area contributed by atoms with Crippen molar-refractivity contribution >= 4 is 35.2 Å². The number of amides is 3.